The second-order valence-corrected chi connectivity index (χ2v) is 10.1. The molecule has 0 saturated carbocycles. The Kier molecular flexibility index (Phi) is 11.3. The van der Waals surface area contributed by atoms with Crippen LogP contribution >= 0.6 is 0 Å². The van der Waals surface area contributed by atoms with Crippen LogP contribution in [0.5, 0.6) is 5.75 Å². The molecule has 0 radical (unpaired) electrons. The summed E-state index contributed by atoms with van der Waals surface area (Å²) in [5.41, 5.74) is 3.97. The van der Waals surface area contributed by atoms with Crippen molar-refractivity contribution in [3.63, 3.8) is 0 Å². The number of likely N-dealkylation sites (tertiary alicyclic amines) is 1. The van der Waals surface area contributed by atoms with Crippen LogP contribution in [-0.4, -0.2) is 78.6 Å². The van der Waals surface area contributed by atoms with Gasteiger partial charge in [-0.1, -0.05) is 39.8 Å². The van der Waals surface area contributed by atoms with E-state index in [4.69, 9.17) is 0 Å². The number of nitrogens with zero attached hydrogens (tertiary/aromatic N) is 2. The number of likely N-dealkylation sites (N-methyl/N-ethyl adjacent to an activating group) is 1. The van der Waals surface area contributed by atoms with Crippen molar-refractivity contribution in [2.24, 2.45) is 5.92 Å². The van der Waals surface area contributed by atoms with E-state index < -0.39 is 0 Å². The Balaban J connectivity index is 0.00000432. The standard InChI is InChI=1S/C28H44N4O2.H2O/c1-6-24(30-14-15-31(5)7-2)12-13-29-25-10-8-22-18-32(19-23(22)16-25)28(34)26-17-21(20(3)4)9-11-27(26)33;/h9-11,16-17,20,22,24,29-30,33H,6-8,12-15,18-19H2,1-5H3;1H2. The van der Waals surface area contributed by atoms with Crippen LogP contribution in [0, 0.1) is 5.92 Å². The summed E-state index contributed by atoms with van der Waals surface area (Å²) in [4.78, 5) is 17.4. The summed E-state index contributed by atoms with van der Waals surface area (Å²) >= 11 is 0. The molecule has 1 aliphatic carbocycles. The summed E-state index contributed by atoms with van der Waals surface area (Å²) in [5, 5.41) is 17.6. The van der Waals surface area contributed by atoms with Gasteiger partial charge in [0.1, 0.15) is 5.75 Å². The van der Waals surface area contributed by atoms with Gasteiger partial charge < -0.3 is 31.0 Å². The zero-order valence-corrected chi connectivity index (χ0v) is 22.2. The van der Waals surface area contributed by atoms with Gasteiger partial charge in [0.15, 0.2) is 0 Å². The van der Waals surface area contributed by atoms with E-state index in [0.717, 1.165) is 51.0 Å². The van der Waals surface area contributed by atoms with Crippen LogP contribution in [0.25, 0.3) is 0 Å². The third-order valence-corrected chi connectivity index (χ3v) is 7.29. The Bertz CT molecular complexity index is 896. The van der Waals surface area contributed by atoms with Crippen LogP contribution in [-0.2, 0) is 0 Å². The lowest BCUT2D eigenvalue weighted by molar-refractivity contribution is 0.0786. The average molecular weight is 487 g/mol. The zero-order chi connectivity index (χ0) is 24.7. The van der Waals surface area contributed by atoms with E-state index in [1.165, 1.54) is 11.3 Å². The van der Waals surface area contributed by atoms with Gasteiger partial charge in [-0.05, 0) is 68.1 Å². The molecule has 7 heteroatoms. The number of phenols is 1. The van der Waals surface area contributed by atoms with E-state index in [-0.39, 0.29) is 17.1 Å². The molecule has 196 valence electrons. The average Bonchev–Trinajstić information content (AvgIpc) is 3.26. The normalized spacial score (nSPS) is 18.1. The summed E-state index contributed by atoms with van der Waals surface area (Å²) < 4.78 is 0. The van der Waals surface area contributed by atoms with Gasteiger partial charge in [0.05, 0.1) is 5.56 Å². The van der Waals surface area contributed by atoms with E-state index in [0.29, 0.717) is 36.5 Å². The van der Waals surface area contributed by atoms with Crippen molar-refractivity contribution < 1.29 is 15.4 Å². The van der Waals surface area contributed by atoms with Gasteiger partial charge in [0.2, 0.25) is 0 Å². The first-order valence-electron chi connectivity index (χ1n) is 13.0. The molecule has 7 nitrogen and oxygen atoms in total. The van der Waals surface area contributed by atoms with E-state index in [2.05, 4.69) is 62.4 Å². The minimum absolute atomic E-state index is 0. The highest BCUT2D eigenvalue weighted by Gasteiger charge is 2.33. The molecule has 2 atom stereocenters. The summed E-state index contributed by atoms with van der Waals surface area (Å²) in [6, 6.07) is 5.92. The summed E-state index contributed by atoms with van der Waals surface area (Å²) in [6.45, 7) is 14.1. The maximum atomic E-state index is 13.2. The molecule has 1 fully saturated rings. The number of hydrogen-bond donors (Lipinski definition) is 3. The summed E-state index contributed by atoms with van der Waals surface area (Å²) in [6.07, 6.45) is 7.67. The summed E-state index contributed by atoms with van der Waals surface area (Å²) in [7, 11) is 2.16. The molecule has 2 unspecified atom stereocenters. The van der Waals surface area contributed by atoms with Gasteiger partial charge in [-0.2, -0.15) is 0 Å². The number of nitrogens with one attached hydrogen (secondary N) is 2. The number of hydrogen-bond acceptors (Lipinski definition) is 5. The Hall–Kier alpha value is -2.35. The smallest absolute Gasteiger partial charge is 0.257 e. The fourth-order valence-corrected chi connectivity index (χ4v) is 4.71. The number of carbonyl (C=O) groups excluding carboxylic acids is 1. The highest BCUT2D eigenvalue weighted by atomic mass is 16.3. The fraction of sp³-hybridized carbons (Fsp3) is 0.607. The number of benzene rings is 1. The number of rotatable bonds is 12. The first-order chi connectivity index (χ1) is 16.3. The van der Waals surface area contributed by atoms with Gasteiger partial charge in [0.25, 0.3) is 5.91 Å². The molecular formula is C28H46N4O3. The van der Waals surface area contributed by atoms with Crippen molar-refractivity contribution in [3.05, 3.63) is 52.7 Å². The molecule has 2 aliphatic rings. The summed E-state index contributed by atoms with van der Waals surface area (Å²) in [5.74, 6) is 0.689. The van der Waals surface area contributed by atoms with Crippen LogP contribution in [0.1, 0.15) is 68.8 Å². The van der Waals surface area contributed by atoms with E-state index in [9.17, 15) is 9.90 Å². The molecule has 0 aromatic heterocycles. The van der Waals surface area contributed by atoms with Gasteiger partial charge in [0, 0.05) is 50.4 Å². The molecule has 1 aromatic carbocycles. The first-order valence-corrected chi connectivity index (χ1v) is 13.0. The molecule has 1 saturated heterocycles. The van der Waals surface area contributed by atoms with Crippen LogP contribution in [0.3, 0.4) is 0 Å². The molecular weight excluding hydrogens is 440 g/mol. The molecule has 0 bridgehead atoms. The number of aromatic hydroxyl groups is 1. The van der Waals surface area contributed by atoms with Gasteiger partial charge in [-0.3, -0.25) is 4.79 Å². The molecule has 5 N–H and O–H groups in total. The van der Waals surface area contributed by atoms with Gasteiger partial charge in [-0.25, -0.2) is 0 Å². The lowest BCUT2D eigenvalue weighted by Crippen LogP contribution is -2.37. The van der Waals surface area contributed by atoms with Crippen LogP contribution < -0.4 is 10.6 Å². The number of phenolic OH excluding ortho intramolecular Hbond substituents is 1. The number of allylic oxidation sites excluding steroid dienone is 2. The highest BCUT2D eigenvalue weighted by molar-refractivity contribution is 5.97. The number of amides is 1. The molecule has 3 rings (SSSR count). The number of fused-ring (bicyclic) bond motifs is 1. The largest absolute Gasteiger partial charge is 0.507 e. The number of carbonyl (C=O) groups is 1. The molecule has 35 heavy (non-hydrogen) atoms. The van der Waals surface area contributed by atoms with Crippen molar-refractivity contribution in [2.45, 2.75) is 58.9 Å². The topological polar surface area (TPSA) is 99.3 Å². The van der Waals surface area contributed by atoms with E-state index >= 15 is 0 Å². The lowest BCUT2D eigenvalue weighted by Gasteiger charge is -2.21. The van der Waals surface area contributed by atoms with Crippen molar-refractivity contribution in [1.82, 2.24) is 20.4 Å². The third-order valence-electron chi connectivity index (χ3n) is 7.29. The fourth-order valence-electron chi connectivity index (χ4n) is 4.71. The maximum absolute atomic E-state index is 13.2. The maximum Gasteiger partial charge on any atom is 0.257 e. The van der Waals surface area contributed by atoms with Gasteiger partial charge >= 0.3 is 0 Å². The molecule has 1 heterocycles. The second-order valence-electron chi connectivity index (χ2n) is 10.1. The minimum atomic E-state index is -0.0737. The third kappa shape index (κ3) is 7.82. The van der Waals surface area contributed by atoms with Crippen molar-refractivity contribution in [3.8, 4) is 5.75 Å². The molecule has 1 aromatic rings. The van der Waals surface area contributed by atoms with E-state index in [1.807, 2.05) is 17.0 Å². The Labute approximate surface area is 211 Å². The molecule has 0 spiro atoms. The Morgan fingerprint density at radius 2 is 2.03 bits per heavy atom. The van der Waals surface area contributed by atoms with Crippen LogP contribution in [0.2, 0.25) is 0 Å². The van der Waals surface area contributed by atoms with Crippen LogP contribution in [0.4, 0.5) is 0 Å². The Morgan fingerprint density at radius 1 is 1.26 bits per heavy atom. The van der Waals surface area contributed by atoms with Crippen molar-refractivity contribution >= 4 is 5.91 Å². The second kappa shape index (κ2) is 13.7. The molecule has 1 aliphatic heterocycles. The monoisotopic (exact) mass is 486 g/mol. The lowest BCUT2D eigenvalue weighted by atomic mass is 9.93. The Morgan fingerprint density at radius 3 is 2.71 bits per heavy atom. The molecule has 1 amide bonds. The van der Waals surface area contributed by atoms with Gasteiger partial charge in [-0.15, -0.1) is 0 Å². The minimum Gasteiger partial charge on any atom is -0.507 e. The zero-order valence-electron chi connectivity index (χ0n) is 22.2. The highest BCUT2D eigenvalue weighted by Crippen LogP contribution is 2.33. The predicted octanol–water partition coefficient (Wildman–Crippen LogP) is 3.28. The van der Waals surface area contributed by atoms with Crippen molar-refractivity contribution in [1.29, 1.82) is 0 Å². The SMILES string of the molecule is CCC(CCNC1=CCC2CN(C(=O)c3cc(C(C)C)ccc3O)CC2=C1)NCCN(C)CC.O. The quantitative estimate of drug-likeness (QED) is 0.421. The van der Waals surface area contributed by atoms with E-state index in [1.54, 1.807) is 6.07 Å². The predicted molar refractivity (Wildman–Crippen MR) is 144 cm³/mol. The van der Waals surface area contributed by atoms with Crippen molar-refractivity contribution in [2.75, 3.05) is 46.3 Å². The van der Waals surface area contributed by atoms with Crippen LogP contribution in [0.15, 0.2) is 41.6 Å². The first kappa shape index (κ1) is 28.9.